The third-order valence-corrected chi connectivity index (χ3v) is 6.38. The second-order valence-corrected chi connectivity index (χ2v) is 8.32. The average molecular weight is 395 g/mol. The molecular weight excluding hydrogens is 380 g/mol. The first kappa shape index (κ1) is 17.3. The summed E-state index contributed by atoms with van der Waals surface area (Å²) in [6.45, 7) is 0.699. The molecule has 26 heavy (non-hydrogen) atoms. The fourth-order valence-corrected chi connectivity index (χ4v) is 4.63. The Bertz CT molecular complexity index is 1120. The van der Waals surface area contributed by atoms with Crippen LogP contribution >= 0.6 is 11.6 Å². The maximum Gasteiger partial charge on any atom is 0.417 e. The van der Waals surface area contributed by atoms with Crippen molar-refractivity contribution in [1.82, 2.24) is 9.29 Å². The zero-order chi connectivity index (χ0) is 18.3. The number of morpholine rings is 1. The molecule has 0 spiro atoms. The van der Waals surface area contributed by atoms with Crippen molar-refractivity contribution < 1.29 is 17.6 Å². The molecule has 3 aromatic rings. The number of ether oxygens (including phenoxy) is 1. The van der Waals surface area contributed by atoms with Crippen LogP contribution in [0.2, 0.25) is 5.02 Å². The number of aromatic nitrogens is 1. The molecule has 0 saturated carbocycles. The van der Waals surface area contributed by atoms with Crippen molar-refractivity contribution in [3.63, 3.8) is 0 Å². The molecule has 0 radical (unpaired) electrons. The van der Waals surface area contributed by atoms with Gasteiger partial charge in [0.15, 0.2) is 5.58 Å². The molecule has 1 atom stereocenters. The smallest absolute Gasteiger partial charge is 0.408 e. The molecular formula is C17H15ClN2O5S. The molecule has 1 aliphatic rings. The molecule has 0 aliphatic carbocycles. The summed E-state index contributed by atoms with van der Waals surface area (Å²) in [5.74, 6) is -0.623. The lowest BCUT2D eigenvalue weighted by Crippen LogP contribution is -2.42. The number of benzene rings is 2. The number of sulfonamides is 1. The van der Waals surface area contributed by atoms with Crippen LogP contribution < -0.4 is 5.76 Å². The van der Waals surface area contributed by atoms with Gasteiger partial charge in [-0.05, 0) is 29.8 Å². The lowest BCUT2D eigenvalue weighted by atomic mass is 10.1. The molecule has 1 aromatic heterocycles. The monoisotopic (exact) mass is 394 g/mol. The Balaban J connectivity index is 1.64. The minimum Gasteiger partial charge on any atom is -0.408 e. The topological polar surface area (TPSA) is 92.6 Å². The van der Waals surface area contributed by atoms with E-state index in [4.69, 9.17) is 20.8 Å². The molecule has 2 heterocycles. The molecule has 9 heteroatoms. The standard InChI is InChI=1S/C17H15ClN2O5S/c18-12-3-1-2-11(8-12)16-10-20(6-7-24-16)26(22,23)13-4-5-14-15(9-13)25-17(21)19-14/h1-5,8-9,16H,6-7,10H2,(H,19,21). The second kappa shape index (κ2) is 6.55. The van der Waals surface area contributed by atoms with Gasteiger partial charge in [0, 0.05) is 24.2 Å². The highest BCUT2D eigenvalue weighted by Gasteiger charge is 2.32. The normalized spacial score (nSPS) is 19.0. The molecule has 2 aromatic carbocycles. The molecule has 136 valence electrons. The van der Waals surface area contributed by atoms with Crippen molar-refractivity contribution in [3.8, 4) is 0 Å². The molecule has 1 saturated heterocycles. The van der Waals surface area contributed by atoms with E-state index in [-0.39, 0.29) is 30.2 Å². The molecule has 1 fully saturated rings. The molecule has 7 nitrogen and oxygen atoms in total. The van der Waals surface area contributed by atoms with E-state index in [9.17, 15) is 13.2 Å². The van der Waals surface area contributed by atoms with Crippen LogP contribution in [0, 0.1) is 0 Å². The van der Waals surface area contributed by atoms with E-state index in [2.05, 4.69) is 4.98 Å². The van der Waals surface area contributed by atoms with Gasteiger partial charge < -0.3 is 9.15 Å². The fraction of sp³-hybridized carbons (Fsp3) is 0.235. The van der Waals surface area contributed by atoms with Crippen LogP contribution in [-0.2, 0) is 14.8 Å². The lowest BCUT2D eigenvalue weighted by Gasteiger charge is -2.32. The third-order valence-electron chi connectivity index (χ3n) is 4.28. The summed E-state index contributed by atoms with van der Waals surface area (Å²) in [6, 6.07) is 11.5. The van der Waals surface area contributed by atoms with Crippen molar-refractivity contribution in [2.75, 3.05) is 19.7 Å². The van der Waals surface area contributed by atoms with E-state index in [1.165, 1.54) is 22.5 Å². The number of hydrogen-bond acceptors (Lipinski definition) is 5. The van der Waals surface area contributed by atoms with Crippen LogP contribution in [0.25, 0.3) is 11.1 Å². The first-order valence-electron chi connectivity index (χ1n) is 7.93. The number of H-pyrrole nitrogens is 1. The van der Waals surface area contributed by atoms with Gasteiger partial charge in [-0.2, -0.15) is 4.31 Å². The van der Waals surface area contributed by atoms with Crippen molar-refractivity contribution in [1.29, 1.82) is 0 Å². The van der Waals surface area contributed by atoms with Crippen molar-refractivity contribution >= 4 is 32.7 Å². The van der Waals surface area contributed by atoms with Crippen molar-refractivity contribution in [2.24, 2.45) is 0 Å². The molecule has 0 amide bonds. The van der Waals surface area contributed by atoms with Crippen LogP contribution in [0.5, 0.6) is 0 Å². The molecule has 1 unspecified atom stereocenters. The number of rotatable bonds is 3. The van der Waals surface area contributed by atoms with E-state index in [0.717, 1.165) is 5.56 Å². The number of hydrogen-bond donors (Lipinski definition) is 1. The summed E-state index contributed by atoms with van der Waals surface area (Å²) in [5, 5.41) is 0.569. The fourth-order valence-electron chi connectivity index (χ4n) is 2.99. The van der Waals surface area contributed by atoms with Crippen molar-refractivity contribution in [2.45, 2.75) is 11.0 Å². The zero-order valence-electron chi connectivity index (χ0n) is 13.5. The summed E-state index contributed by atoms with van der Waals surface area (Å²) in [7, 11) is -3.75. The van der Waals surface area contributed by atoms with E-state index >= 15 is 0 Å². The van der Waals surface area contributed by atoms with Gasteiger partial charge in [0.05, 0.1) is 23.1 Å². The number of oxazole rings is 1. The Morgan fingerprint density at radius 2 is 2.04 bits per heavy atom. The van der Waals surface area contributed by atoms with Gasteiger partial charge in [-0.1, -0.05) is 23.7 Å². The molecule has 4 rings (SSSR count). The van der Waals surface area contributed by atoms with Crippen molar-refractivity contribution in [3.05, 3.63) is 63.6 Å². The highest BCUT2D eigenvalue weighted by atomic mass is 35.5. The van der Waals surface area contributed by atoms with Gasteiger partial charge in [-0.25, -0.2) is 13.2 Å². The summed E-state index contributed by atoms with van der Waals surface area (Å²) < 4.78 is 38.0. The van der Waals surface area contributed by atoms with E-state index in [0.29, 0.717) is 10.5 Å². The quantitative estimate of drug-likeness (QED) is 0.736. The van der Waals surface area contributed by atoms with Crippen LogP contribution in [0.4, 0.5) is 0 Å². The maximum atomic E-state index is 13.0. The second-order valence-electron chi connectivity index (χ2n) is 5.95. The number of nitrogens with zero attached hydrogens (tertiary/aromatic N) is 1. The number of aromatic amines is 1. The Hall–Kier alpha value is -2.13. The van der Waals surface area contributed by atoms with Gasteiger partial charge in [-0.3, -0.25) is 4.98 Å². The molecule has 1 aliphatic heterocycles. The maximum absolute atomic E-state index is 13.0. The van der Waals surface area contributed by atoms with E-state index < -0.39 is 21.9 Å². The summed E-state index contributed by atoms with van der Waals surface area (Å²) in [6.07, 6.45) is -0.397. The number of nitrogens with one attached hydrogen (secondary N) is 1. The van der Waals surface area contributed by atoms with Gasteiger partial charge in [0.1, 0.15) is 0 Å². The van der Waals surface area contributed by atoms with Crippen LogP contribution in [-0.4, -0.2) is 37.4 Å². The van der Waals surface area contributed by atoms with Gasteiger partial charge in [0.2, 0.25) is 10.0 Å². The summed E-state index contributed by atoms with van der Waals surface area (Å²) in [4.78, 5) is 13.8. The average Bonchev–Trinajstić information content (AvgIpc) is 3.01. The Morgan fingerprint density at radius 3 is 2.85 bits per heavy atom. The Kier molecular flexibility index (Phi) is 4.36. The van der Waals surface area contributed by atoms with Gasteiger partial charge in [0.25, 0.3) is 0 Å². The Morgan fingerprint density at radius 1 is 1.19 bits per heavy atom. The van der Waals surface area contributed by atoms with Gasteiger partial charge >= 0.3 is 5.76 Å². The third kappa shape index (κ3) is 3.16. The summed E-state index contributed by atoms with van der Waals surface area (Å²) >= 11 is 6.02. The molecule has 1 N–H and O–H groups in total. The highest BCUT2D eigenvalue weighted by Crippen LogP contribution is 2.28. The lowest BCUT2D eigenvalue weighted by molar-refractivity contribution is -0.00254. The largest absolute Gasteiger partial charge is 0.417 e. The first-order valence-corrected chi connectivity index (χ1v) is 9.75. The minimum absolute atomic E-state index is 0.0690. The predicted octanol–water partition coefficient (Wildman–Crippen LogP) is 2.54. The SMILES string of the molecule is O=c1[nH]c2ccc(S(=O)(=O)N3CCOC(c4cccc(Cl)c4)C3)cc2o1. The van der Waals surface area contributed by atoms with E-state index in [1.807, 2.05) is 6.07 Å². The predicted molar refractivity (Wildman–Crippen MR) is 95.7 cm³/mol. The summed E-state index contributed by atoms with van der Waals surface area (Å²) in [5.41, 5.74) is 1.48. The minimum atomic E-state index is -3.75. The van der Waals surface area contributed by atoms with Crippen LogP contribution in [0.15, 0.2) is 56.6 Å². The van der Waals surface area contributed by atoms with Crippen LogP contribution in [0.3, 0.4) is 0 Å². The van der Waals surface area contributed by atoms with E-state index in [1.54, 1.807) is 18.2 Å². The highest BCUT2D eigenvalue weighted by molar-refractivity contribution is 7.89. The zero-order valence-corrected chi connectivity index (χ0v) is 15.1. The number of halogens is 1. The number of fused-ring (bicyclic) bond motifs is 1. The Labute approximate surface area is 154 Å². The van der Waals surface area contributed by atoms with Gasteiger partial charge in [-0.15, -0.1) is 0 Å². The van der Waals surface area contributed by atoms with Crippen LogP contribution in [0.1, 0.15) is 11.7 Å². The first-order chi connectivity index (χ1) is 12.4. The molecule has 0 bridgehead atoms.